The van der Waals surface area contributed by atoms with Crippen LogP contribution in [0.5, 0.6) is 0 Å². The third-order valence-electron chi connectivity index (χ3n) is 15.5. The van der Waals surface area contributed by atoms with Gasteiger partial charge in [-0.2, -0.15) is 0 Å². The number of hydrogen-bond acceptors (Lipinski definition) is 2. The zero-order valence-electron chi connectivity index (χ0n) is 39.4. The van der Waals surface area contributed by atoms with Gasteiger partial charge in [-0.3, -0.25) is 4.40 Å². The Kier molecular flexibility index (Phi) is 8.62. The number of fused-ring (bicyclic) bond motifs is 15. The molecule has 12 aromatic carbocycles. The van der Waals surface area contributed by atoms with Gasteiger partial charge in [0.2, 0.25) is 0 Å². The zero-order chi connectivity index (χ0) is 47.7. The van der Waals surface area contributed by atoms with E-state index in [1.54, 1.807) is 0 Å². The van der Waals surface area contributed by atoms with E-state index in [0.717, 1.165) is 27.9 Å². The molecule has 4 heterocycles. The first kappa shape index (κ1) is 40.4. The molecule has 0 amide bonds. The van der Waals surface area contributed by atoms with Crippen LogP contribution in [0.3, 0.4) is 0 Å². The van der Waals surface area contributed by atoms with Crippen molar-refractivity contribution in [3.8, 4) is 50.3 Å². The van der Waals surface area contributed by atoms with Crippen LogP contribution in [-0.4, -0.2) is 14.0 Å². The van der Waals surface area contributed by atoms with Gasteiger partial charge in [0.25, 0.3) is 0 Å². The number of nitrogens with zero attached hydrogens (tertiary/aromatic N) is 3. The highest BCUT2D eigenvalue weighted by molar-refractivity contribution is 7.27. The van der Waals surface area contributed by atoms with Gasteiger partial charge in [0.15, 0.2) is 5.65 Å². The van der Waals surface area contributed by atoms with Gasteiger partial charge in [-0.15, -0.1) is 11.3 Å². The Hall–Kier alpha value is -9.35. The number of aromatic nitrogens is 3. The Labute approximate surface area is 423 Å². The average molecular weight is 944 g/mol. The van der Waals surface area contributed by atoms with Crippen LogP contribution >= 0.6 is 11.3 Å². The van der Waals surface area contributed by atoms with Crippen molar-refractivity contribution in [1.82, 2.24) is 14.0 Å². The van der Waals surface area contributed by atoms with E-state index in [1.807, 2.05) is 11.3 Å². The number of para-hydroxylation sites is 2. The lowest BCUT2D eigenvalue weighted by molar-refractivity contribution is 1.18. The molecule has 338 valence electrons. The molecule has 16 aromatic rings. The van der Waals surface area contributed by atoms with Crippen LogP contribution in [0.4, 0.5) is 0 Å². The molecule has 0 bridgehead atoms. The summed E-state index contributed by atoms with van der Waals surface area (Å²) in [5, 5.41) is 14.9. The van der Waals surface area contributed by atoms with E-state index in [4.69, 9.17) is 4.98 Å². The van der Waals surface area contributed by atoms with Gasteiger partial charge in [-0.1, -0.05) is 194 Å². The van der Waals surface area contributed by atoms with Gasteiger partial charge in [0.05, 0.1) is 32.5 Å². The molecular formula is C69H41N3S. The molecule has 0 spiro atoms. The fourth-order valence-corrected chi connectivity index (χ4v) is 13.2. The zero-order valence-corrected chi connectivity index (χ0v) is 40.2. The predicted octanol–water partition coefficient (Wildman–Crippen LogP) is 19.2. The van der Waals surface area contributed by atoms with Gasteiger partial charge in [-0.05, 0) is 137 Å². The van der Waals surface area contributed by atoms with Crippen molar-refractivity contribution in [2.75, 3.05) is 0 Å². The summed E-state index contributed by atoms with van der Waals surface area (Å²) in [6.07, 6.45) is 0. The molecule has 73 heavy (non-hydrogen) atoms. The maximum Gasteiger partial charge on any atom is 0.156 e. The SMILES string of the molecule is c1ccc(-n2c3ccccc3c3ccc(-c4ccc(-c5ccc(-c6ccc(-c7cc8c9ccc%10ccccc%10c9sc8c8nc9cc%10cc%11ccccc%11cc%10cc9n78)cc6)c6ccccc56)cc4)cc32)cc1. The van der Waals surface area contributed by atoms with Crippen molar-refractivity contribution >= 4 is 113 Å². The summed E-state index contributed by atoms with van der Waals surface area (Å²) in [4.78, 5) is 5.49. The van der Waals surface area contributed by atoms with Gasteiger partial charge in [-0.25, -0.2) is 4.98 Å². The molecule has 0 saturated heterocycles. The first-order chi connectivity index (χ1) is 36.2. The summed E-state index contributed by atoms with van der Waals surface area (Å²) < 4.78 is 7.32. The van der Waals surface area contributed by atoms with Gasteiger partial charge >= 0.3 is 0 Å². The molecule has 16 rings (SSSR count). The lowest BCUT2D eigenvalue weighted by Crippen LogP contribution is -1.93. The van der Waals surface area contributed by atoms with E-state index >= 15 is 0 Å². The molecule has 0 unspecified atom stereocenters. The van der Waals surface area contributed by atoms with E-state index in [9.17, 15) is 0 Å². The summed E-state index contributed by atoms with van der Waals surface area (Å²) in [5.41, 5.74) is 16.2. The second kappa shape index (κ2) is 15.6. The molecule has 0 aliphatic rings. The van der Waals surface area contributed by atoms with Crippen molar-refractivity contribution in [3.05, 3.63) is 249 Å². The highest BCUT2D eigenvalue weighted by Crippen LogP contribution is 2.45. The Balaban J connectivity index is 0.798. The fourth-order valence-electron chi connectivity index (χ4n) is 11.9. The number of rotatable bonds is 5. The van der Waals surface area contributed by atoms with Crippen molar-refractivity contribution < 1.29 is 0 Å². The maximum atomic E-state index is 5.49. The van der Waals surface area contributed by atoms with Crippen LogP contribution in [0.2, 0.25) is 0 Å². The van der Waals surface area contributed by atoms with Gasteiger partial charge < -0.3 is 4.57 Å². The monoisotopic (exact) mass is 943 g/mol. The maximum absolute atomic E-state index is 5.49. The second-order valence-corrected chi connectivity index (χ2v) is 20.5. The number of benzene rings is 12. The minimum absolute atomic E-state index is 0.999. The minimum Gasteiger partial charge on any atom is -0.309 e. The number of thiophene rings is 1. The standard InChI is InChI=1S/C69H41N3S/c1-2-15-52(16-3-1)71-63-21-11-10-20-58(63)59-32-31-49(39-65(59)71)42-22-24-44(25-23-42)53-34-35-54(57-19-9-8-18-56(53)57)45-26-28-46(29-27-45)64-41-61-60-33-30-43-12-6-7-17-55(43)67(60)73-68(61)69-70-62-38-50-36-47-13-4-5-14-48(47)37-51(50)40-66(62)72(64)69/h1-41H. The molecule has 0 fully saturated rings. The molecular weight excluding hydrogens is 903 g/mol. The summed E-state index contributed by atoms with van der Waals surface area (Å²) in [7, 11) is 0. The highest BCUT2D eigenvalue weighted by atomic mass is 32.1. The Morgan fingerprint density at radius 2 is 0.863 bits per heavy atom. The van der Waals surface area contributed by atoms with Crippen molar-refractivity contribution in [2.24, 2.45) is 0 Å². The molecule has 3 nitrogen and oxygen atoms in total. The number of hydrogen-bond donors (Lipinski definition) is 0. The summed E-state index contributed by atoms with van der Waals surface area (Å²) in [6.45, 7) is 0. The van der Waals surface area contributed by atoms with E-state index in [1.165, 1.54) is 124 Å². The van der Waals surface area contributed by atoms with Crippen LogP contribution in [0.15, 0.2) is 249 Å². The molecule has 0 saturated carbocycles. The van der Waals surface area contributed by atoms with Crippen molar-refractivity contribution in [1.29, 1.82) is 0 Å². The molecule has 4 aromatic heterocycles. The third-order valence-corrected chi connectivity index (χ3v) is 16.7. The van der Waals surface area contributed by atoms with Crippen LogP contribution in [0.1, 0.15) is 0 Å². The predicted molar refractivity (Wildman–Crippen MR) is 312 cm³/mol. The Morgan fingerprint density at radius 3 is 1.59 bits per heavy atom. The summed E-state index contributed by atoms with van der Waals surface area (Å²) >= 11 is 1.86. The number of imidazole rings is 1. The van der Waals surface area contributed by atoms with Crippen molar-refractivity contribution in [3.63, 3.8) is 0 Å². The summed E-state index contributed by atoms with van der Waals surface area (Å²) in [5.74, 6) is 0. The van der Waals surface area contributed by atoms with E-state index in [0.29, 0.717) is 0 Å². The average Bonchev–Trinajstić information content (AvgIpc) is 4.13. The first-order valence-electron chi connectivity index (χ1n) is 25.0. The Morgan fingerprint density at radius 1 is 0.301 bits per heavy atom. The lowest BCUT2D eigenvalue weighted by Gasteiger charge is -2.14. The second-order valence-electron chi connectivity index (χ2n) is 19.5. The van der Waals surface area contributed by atoms with E-state index in [2.05, 4.69) is 258 Å². The summed E-state index contributed by atoms with van der Waals surface area (Å²) in [6, 6.07) is 91.7. The first-order valence-corrected chi connectivity index (χ1v) is 25.8. The largest absolute Gasteiger partial charge is 0.309 e. The molecule has 0 aliphatic heterocycles. The van der Waals surface area contributed by atoms with Crippen LogP contribution in [0, 0.1) is 0 Å². The van der Waals surface area contributed by atoms with E-state index < -0.39 is 0 Å². The number of pyridine rings is 1. The van der Waals surface area contributed by atoms with Crippen molar-refractivity contribution in [2.45, 2.75) is 0 Å². The molecule has 0 radical (unpaired) electrons. The quantitative estimate of drug-likeness (QED) is 0.158. The normalized spacial score (nSPS) is 12.1. The van der Waals surface area contributed by atoms with Gasteiger partial charge in [0.1, 0.15) is 0 Å². The topological polar surface area (TPSA) is 22.2 Å². The Bertz CT molecular complexity index is 4940. The van der Waals surface area contributed by atoms with Gasteiger partial charge in [0, 0.05) is 31.9 Å². The fraction of sp³-hybridized carbons (Fsp3) is 0. The van der Waals surface area contributed by atoms with Crippen LogP contribution in [-0.2, 0) is 0 Å². The van der Waals surface area contributed by atoms with Crippen LogP contribution < -0.4 is 0 Å². The molecule has 4 heteroatoms. The lowest BCUT2D eigenvalue weighted by atomic mass is 9.91. The highest BCUT2D eigenvalue weighted by Gasteiger charge is 2.21. The molecule has 0 N–H and O–H groups in total. The van der Waals surface area contributed by atoms with Crippen LogP contribution in [0.25, 0.3) is 152 Å². The molecule has 0 atom stereocenters. The third kappa shape index (κ3) is 6.15. The minimum atomic E-state index is 0.999. The van der Waals surface area contributed by atoms with E-state index in [-0.39, 0.29) is 0 Å². The smallest absolute Gasteiger partial charge is 0.156 e. The molecule has 0 aliphatic carbocycles.